The van der Waals surface area contributed by atoms with Crippen LogP contribution in [0.5, 0.6) is 0 Å². The highest BCUT2D eigenvalue weighted by atomic mass is 16.9. The Bertz CT molecular complexity index is 3690. The molecular weight excluding hydrogens is 1700 g/mol. The zero-order valence-corrected chi connectivity index (χ0v) is 80.6. The molecule has 16 aliphatic heterocycles. The lowest BCUT2D eigenvalue weighted by molar-refractivity contribution is -0.257. The fraction of sp³-hybridized carbons (Fsp3) is 0.889. The van der Waals surface area contributed by atoms with Gasteiger partial charge in [-0.15, -0.1) is 0 Å². The van der Waals surface area contributed by atoms with Gasteiger partial charge in [0.05, 0.1) is 46.2 Å². The van der Waals surface area contributed by atoms with Crippen molar-refractivity contribution < 1.29 is 187 Å². The maximum atomic E-state index is 10.3. The number of fused-ring (bicyclic) bond motifs is 8. The highest BCUT2D eigenvalue weighted by Gasteiger charge is 2.67. The van der Waals surface area contributed by atoms with Crippen LogP contribution in [0.15, 0.2) is 42.5 Å². The second-order valence-corrected chi connectivity index (χ2v) is 39.0. The molecule has 0 spiro atoms. The van der Waals surface area contributed by atoms with Gasteiger partial charge in [0, 0.05) is 49.8 Å². The summed E-state index contributed by atoms with van der Waals surface area (Å²) in [6, 6.07) is 15.3. The molecule has 18 rings (SSSR count). The molecule has 16 saturated heterocycles. The first-order valence-corrected chi connectivity index (χ1v) is 44.7. The number of hydrogen-bond donors (Lipinski definition) is 7. The summed E-state index contributed by atoms with van der Waals surface area (Å²) in [6.45, 7) is 41.0. The second kappa shape index (κ2) is 42.1. The van der Waals surface area contributed by atoms with Crippen molar-refractivity contribution >= 4 is 10.8 Å². The molecule has 129 heavy (non-hydrogen) atoms. The smallest absolute Gasteiger partial charge is 0.193 e. The summed E-state index contributed by atoms with van der Waals surface area (Å²) in [5, 5.41) is 69.1. The van der Waals surface area contributed by atoms with Crippen LogP contribution < -0.4 is 0 Å². The van der Waals surface area contributed by atoms with E-state index in [1.165, 1.54) is 37.0 Å². The largest absolute Gasteiger partial charge is 0.394 e. The highest BCUT2D eigenvalue weighted by molar-refractivity contribution is 5.83. The summed E-state index contributed by atoms with van der Waals surface area (Å²) in [5.74, 6) is -5.18. The standard InChI is InChI=1S/C14H16.C13H22O6.C12H20O6.2C11H20O5.2C10H18O6.C9H16O5/c1-11(2)9-12-7-8-13-5-3-4-6-14(13)10-12;1-12(2)15-6-7(17-12)8-9(14-5)10-11(16-8)19-13(3,4)18-10;1-11(2)14-5-6(16-11)8-7(13)9-10(15-8)18-12(3,4)17-9;2*1-5-11(6-12)8(13-4)7-9(16-11)15-10(2,3)14-7;1-9(2)14-6-7(13-3)10(4-11,5-12)16-8(6)15-9;1-10(2)15-8-7(13-3)6(5(12)4-11)14-9(8)16-10;1-9(2)13-6-5(10-3)7(11-4)12-8(6)14-9/h3-8,10-11H,9H2,1-2H3;7-11H,6H2,1-5H3;6-10,13H,5H2,1-4H3;2*7-9,12H,5-6H2,1-4H3;6-8,11-12H,4-5H2,1-3H3;5-9,11-12H,4H2,1-3H3;5-8H,1-4H3/t;7?,8-,9-,10-,11-;6?,7-,8-,9-,10-;7-,8+,9+,11+;7-,8+,9+,11-;6-,7+,8+;5?,6-,7-,8-,9-;5-,6+,7-,8+/m.1111110/s1. The van der Waals surface area contributed by atoms with Crippen LogP contribution >= 0.6 is 0 Å². The molecule has 2 aromatic carbocycles. The van der Waals surface area contributed by atoms with E-state index in [0.717, 1.165) is 5.92 Å². The van der Waals surface area contributed by atoms with Crippen LogP contribution in [0.2, 0.25) is 0 Å². The fourth-order valence-electron chi connectivity index (χ4n) is 18.9. The highest BCUT2D eigenvalue weighted by Crippen LogP contribution is 2.50. The number of aliphatic hydroxyl groups excluding tert-OH is 7. The molecule has 0 bridgehead atoms. The minimum atomic E-state index is -1.15. The van der Waals surface area contributed by atoms with Gasteiger partial charge >= 0.3 is 0 Å². The van der Waals surface area contributed by atoms with Crippen molar-refractivity contribution in [3.05, 3.63) is 48.0 Å². The number of ether oxygens (including phenoxy) is 32. The average molecular weight is 1860 g/mol. The predicted octanol–water partition coefficient (Wildman–Crippen LogP) is 5.69. The van der Waals surface area contributed by atoms with Gasteiger partial charge in [-0.1, -0.05) is 70.2 Å². The number of benzene rings is 2. The molecule has 0 aliphatic carbocycles. The first kappa shape index (κ1) is 107. The van der Waals surface area contributed by atoms with Gasteiger partial charge in [-0.25, -0.2) is 0 Å². The Morgan fingerprint density at radius 3 is 1.06 bits per heavy atom. The molecule has 0 saturated carbocycles. The first-order chi connectivity index (χ1) is 60.3. The summed E-state index contributed by atoms with van der Waals surface area (Å²) >= 11 is 0. The van der Waals surface area contributed by atoms with Gasteiger partial charge in [0.2, 0.25) is 0 Å². The lowest BCUT2D eigenvalue weighted by Crippen LogP contribution is -2.51. The van der Waals surface area contributed by atoms with E-state index < -0.39 is 162 Å². The van der Waals surface area contributed by atoms with Crippen molar-refractivity contribution in [1.82, 2.24) is 0 Å². The van der Waals surface area contributed by atoms with E-state index in [-0.39, 0.29) is 113 Å². The molecule has 7 N–H and O–H groups in total. The molecule has 3 unspecified atom stereocenters. The maximum absolute atomic E-state index is 10.3. The topological polar surface area (TPSA) is 437 Å². The van der Waals surface area contributed by atoms with Crippen LogP contribution in [-0.4, -0.2) is 373 Å². The zero-order chi connectivity index (χ0) is 95.1. The van der Waals surface area contributed by atoms with E-state index in [1.807, 2.05) is 96.9 Å². The van der Waals surface area contributed by atoms with Crippen molar-refractivity contribution in [1.29, 1.82) is 0 Å². The van der Waals surface area contributed by atoms with E-state index >= 15 is 0 Å². The van der Waals surface area contributed by atoms with Crippen molar-refractivity contribution in [3.8, 4) is 0 Å². The summed E-state index contributed by atoms with van der Waals surface area (Å²) in [7, 11) is 11.0. The van der Waals surface area contributed by atoms with Gasteiger partial charge in [0.1, 0.15) is 139 Å². The lowest BCUT2D eigenvalue weighted by Gasteiger charge is -2.33. The Kier molecular flexibility index (Phi) is 34.7. The Morgan fingerprint density at radius 2 is 0.690 bits per heavy atom. The lowest BCUT2D eigenvalue weighted by atomic mass is 9.93. The number of hydrogen-bond acceptors (Lipinski definition) is 39. The van der Waals surface area contributed by atoms with Crippen LogP contribution in [0, 0.1) is 5.92 Å². The Morgan fingerprint density at radius 1 is 0.341 bits per heavy atom. The normalized spacial score (nSPS) is 41.8. The van der Waals surface area contributed by atoms with Gasteiger partial charge in [0.25, 0.3) is 0 Å². The molecule has 16 aliphatic rings. The van der Waals surface area contributed by atoms with E-state index in [0.29, 0.717) is 26.1 Å². The Labute approximate surface area is 757 Å². The third kappa shape index (κ3) is 24.2. The number of aliphatic hydroxyl groups is 7. The van der Waals surface area contributed by atoms with Crippen LogP contribution in [0.3, 0.4) is 0 Å². The number of rotatable bonds is 19. The summed E-state index contributed by atoms with van der Waals surface area (Å²) < 4.78 is 179. The maximum Gasteiger partial charge on any atom is 0.193 e. The van der Waals surface area contributed by atoms with Gasteiger partial charge in [-0.2, -0.15) is 0 Å². The van der Waals surface area contributed by atoms with E-state index in [2.05, 4.69) is 56.3 Å². The van der Waals surface area contributed by atoms with Crippen LogP contribution in [0.25, 0.3) is 10.8 Å². The van der Waals surface area contributed by atoms with E-state index in [1.54, 1.807) is 77.1 Å². The monoisotopic (exact) mass is 1850 g/mol. The summed E-state index contributed by atoms with van der Waals surface area (Å²) in [5.41, 5.74) is -1.12. The minimum Gasteiger partial charge on any atom is -0.394 e. The van der Waals surface area contributed by atoms with Crippen LogP contribution in [0.1, 0.15) is 171 Å². The third-order valence-electron chi connectivity index (χ3n) is 24.7. The Balaban J connectivity index is 0.000000143. The first-order valence-electron chi connectivity index (χ1n) is 44.7. The van der Waals surface area contributed by atoms with Crippen molar-refractivity contribution in [2.75, 3.05) is 96.0 Å². The van der Waals surface area contributed by atoms with Crippen LogP contribution in [-0.2, 0) is 158 Å². The predicted molar refractivity (Wildman–Crippen MR) is 450 cm³/mol. The van der Waals surface area contributed by atoms with Crippen LogP contribution in [0.4, 0.5) is 0 Å². The molecule has 0 amide bonds. The molecule has 39 nitrogen and oxygen atoms in total. The third-order valence-corrected chi connectivity index (χ3v) is 24.7. The van der Waals surface area contributed by atoms with E-state index in [4.69, 9.17) is 157 Å². The van der Waals surface area contributed by atoms with Crippen molar-refractivity contribution in [2.45, 2.75) is 413 Å². The molecule has 16 fully saturated rings. The molecular formula is C90H150O39. The summed E-state index contributed by atoms with van der Waals surface area (Å²) in [6.07, 6.45) is -9.14. The fourth-order valence-corrected chi connectivity index (χ4v) is 18.9. The molecule has 2 aromatic rings. The molecule has 39 heteroatoms. The molecule has 0 radical (unpaired) electrons. The SMILES string of the molecule is CC(C)Cc1ccc2ccccc2c1.CC1(C)OCC([C@H]2O[C@@H]3OC(C)(C)O[C@@H]3[C@@H]2O)O1.CC[C@@]1(CO)O[C@@H]2OC(C)(C)O[C@@H]2[C@@H]1OC.CC[C@]1(CO)O[C@@H]2OC(C)(C)O[C@@H]2[C@@H]1OC.CO[C@H]1O[C@@H]2OC(C)(C)O[C@@H]2[C@@H]1OC.CO[C@H]1[C@H]2OC(C)(C)O[C@H]2OC1(CO)CO.CO[C@H]1[C@H]2OC(C)(C)O[C@H]2O[C@@H]1C(O)CO.CO[C@H]1[C@H]2OC(C)(C)O[C@H]2O[C@@H]1C1COC(C)(C)O1. The van der Waals surface area contributed by atoms with Gasteiger partial charge < -0.3 is 187 Å². The van der Waals surface area contributed by atoms with E-state index in [9.17, 15) is 30.6 Å². The molecule has 744 valence electrons. The Hall–Kier alpha value is -2.86. The minimum absolute atomic E-state index is 0.0951. The van der Waals surface area contributed by atoms with Gasteiger partial charge in [-0.05, 0) is 166 Å². The van der Waals surface area contributed by atoms with Crippen molar-refractivity contribution in [3.63, 3.8) is 0 Å². The molecule has 30 atom stereocenters. The quantitative estimate of drug-likeness (QED) is 0.0888. The average Bonchev–Trinajstić information content (AvgIpc) is 1.58. The van der Waals surface area contributed by atoms with Gasteiger partial charge in [-0.3, -0.25) is 0 Å². The summed E-state index contributed by atoms with van der Waals surface area (Å²) in [4.78, 5) is 0. The number of methoxy groups -OCH3 is 7. The molecule has 16 heterocycles. The molecule has 0 aromatic heterocycles. The van der Waals surface area contributed by atoms with Gasteiger partial charge in [0.15, 0.2) is 102 Å². The zero-order valence-electron chi connectivity index (χ0n) is 80.6. The second-order valence-electron chi connectivity index (χ2n) is 39.0. The van der Waals surface area contributed by atoms with Crippen molar-refractivity contribution in [2.24, 2.45) is 5.92 Å².